The molecule has 8 atom stereocenters. The fraction of sp³-hybridized carbons (Fsp3) is 0.742. The number of allylic oxidation sites excluding steroid dienone is 4. The van der Waals surface area contributed by atoms with Crippen LogP contribution in [0, 0.1) is 28.6 Å². The van der Waals surface area contributed by atoms with Gasteiger partial charge in [-0.3, -0.25) is 19.2 Å². The molecule has 39 heavy (non-hydrogen) atoms. The largest absolute Gasteiger partial charge is 0.457 e. The molecule has 3 saturated carbocycles. The summed E-state index contributed by atoms with van der Waals surface area (Å²) in [5.74, 6) is -2.12. The van der Waals surface area contributed by atoms with E-state index in [2.05, 4.69) is 0 Å². The molecule has 7 nitrogen and oxygen atoms in total. The molecule has 0 bridgehead atoms. The predicted molar refractivity (Wildman–Crippen MR) is 147 cm³/mol. The first-order valence-electron chi connectivity index (χ1n) is 14.5. The molecule has 2 unspecified atom stereocenters. The van der Waals surface area contributed by atoms with E-state index in [1.807, 2.05) is 40.7 Å². The van der Waals surface area contributed by atoms with E-state index in [9.17, 15) is 24.3 Å². The van der Waals surface area contributed by atoms with Crippen LogP contribution in [0.4, 0.5) is 0 Å². The van der Waals surface area contributed by atoms with Crippen LogP contribution in [0.3, 0.4) is 0 Å². The number of ketones is 2. The van der Waals surface area contributed by atoms with Gasteiger partial charge in [0.1, 0.15) is 0 Å². The maximum Gasteiger partial charge on any atom is 0.306 e. The number of carbonyl (C=O) groups excluding carboxylic acids is 4. The minimum atomic E-state index is -1.55. The summed E-state index contributed by atoms with van der Waals surface area (Å²) in [4.78, 5) is 50.5. The summed E-state index contributed by atoms with van der Waals surface area (Å²) >= 11 is 7.53. The van der Waals surface area contributed by atoms with Crippen molar-refractivity contribution in [3.63, 3.8) is 0 Å². The molecule has 0 aromatic heterocycles. The van der Waals surface area contributed by atoms with Crippen molar-refractivity contribution in [3.8, 4) is 0 Å². The van der Waals surface area contributed by atoms with Crippen molar-refractivity contribution in [2.24, 2.45) is 28.6 Å². The first-order valence-corrected chi connectivity index (χ1v) is 14.9. The van der Waals surface area contributed by atoms with Gasteiger partial charge in [0.05, 0.1) is 11.0 Å². The van der Waals surface area contributed by atoms with Gasteiger partial charge in [-0.1, -0.05) is 52.7 Å². The van der Waals surface area contributed by atoms with Gasteiger partial charge in [-0.2, -0.15) is 0 Å². The molecule has 0 aliphatic heterocycles. The van der Waals surface area contributed by atoms with Crippen molar-refractivity contribution >= 4 is 35.1 Å². The molecule has 1 N–H and O–H groups in total. The zero-order valence-electron chi connectivity index (χ0n) is 23.9. The Morgan fingerprint density at radius 2 is 1.82 bits per heavy atom. The number of hydrogen-bond donors (Lipinski definition) is 1. The highest BCUT2D eigenvalue weighted by molar-refractivity contribution is 6.26. The standard InChI is InChI=1S/C31H43ClO7/c1-6-8-10-26(36)38-18-25(35)31(39-27(37)9-7-2)19(3)15-23-22-12-11-20-16-21(33)13-14-28(20,4)30(22,32)24(34)17-29(23,31)5/h13-14,16,19,22-24,34H,6-12,15,17-18H2,1-5H3/t19?,22-,23-,24?,28-,29-,30-,31-/m0/s1. The second-order valence-electron chi connectivity index (χ2n) is 12.5. The van der Waals surface area contributed by atoms with Crippen LogP contribution in [0.5, 0.6) is 0 Å². The average Bonchev–Trinajstić information content (AvgIpc) is 3.09. The molecule has 4 rings (SSSR count). The molecule has 0 spiro atoms. The molecular formula is C31H43ClO7. The van der Waals surface area contributed by atoms with E-state index in [0.29, 0.717) is 32.1 Å². The maximum absolute atomic E-state index is 14.1. The first kappa shape index (κ1) is 30.0. The topological polar surface area (TPSA) is 107 Å². The third-order valence-electron chi connectivity index (χ3n) is 10.4. The van der Waals surface area contributed by atoms with Crippen LogP contribution >= 0.6 is 11.6 Å². The molecule has 8 heteroatoms. The van der Waals surface area contributed by atoms with E-state index in [1.165, 1.54) is 6.08 Å². The van der Waals surface area contributed by atoms with Gasteiger partial charge in [-0.15, -0.1) is 11.6 Å². The summed E-state index contributed by atoms with van der Waals surface area (Å²) in [5, 5.41) is 11.9. The third-order valence-corrected chi connectivity index (χ3v) is 11.3. The van der Waals surface area contributed by atoms with E-state index in [1.54, 1.807) is 6.08 Å². The lowest BCUT2D eigenvalue weighted by Gasteiger charge is -2.64. The zero-order valence-corrected chi connectivity index (χ0v) is 24.6. The number of carbonyl (C=O) groups is 4. The van der Waals surface area contributed by atoms with Crippen molar-refractivity contribution in [1.82, 2.24) is 0 Å². The van der Waals surface area contributed by atoms with Gasteiger partial charge in [-0.25, -0.2) is 0 Å². The lowest BCUT2D eigenvalue weighted by atomic mass is 9.45. The van der Waals surface area contributed by atoms with E-state index in [0.717, 1.165) is 12.0 Å². The second-order valence-corrected chi connectivity index (χ2v) is 13.2. The highest BCUT2D eigenvalue weighted by atomic mass is 35.5. The van der Waals surface area contributed by atoms with Crippen molar-refractivity contribution < 1.29 is 33.8 Å². The van der Waals surface area contributed by atoms with Crippen LogP contribution in [0.1, 0.15) is 92.4 Å². The normalized spacial score (nSPS) is 40.7. The van der Waals surface area contributed by atoms with Crippen LogP contribution in [0.2, 0.25) is 0 Å². The van der Waals surface area contributed by atoms with E-state index in [-0.39, 0.29) is 42.8 Å². The SMILES string of the molecule is CCCCC(=O)OCC(=O)[C@@]1(OC(=O)CCC)C(C)C[C@H]2[C@@H]3CCC4=CC(=O)C=C[C@]4(C)[C@@]3(Cl)C(O)C[C@@]21C. The highest BCUT2D eigenvalue weighted by Gasteiger charge is 2.76. The third kappa shape index (κ3) is 4.43. The maximum atomic E-state index is 14.1. The number of rotatable bonds is 9. The molecule has 0 heterocycles. The monoisotopic (exact) mass is 562 g/mol. The Labute approximate surface area is 236 Å². The number of halogens is 1. The summed E-state index contributed by atoms with van der Waals surface area (Å²) in [6.07, 6.45) is 8.45. The molecule has 0 radical (unpaired) electrons. The molecule has 3 fully saturated rings. The lowest BCUT2D eigenvalue weighted by Crippen LogP contribution is -2.69. The van der Waals surface area contributed by atoms with Crippen LogP contribution in [0.25, 0.3) is 0 Å². The zero-order chi connectivity index (χ0) is 28.8. The molecule has 0 aromatic carbocycles. The van der Waals surface area contributed by atoms with Crippen molar-refractivity contribution in [1.29, 1.82) is 0 Å². The van der Waals surface area contributed by atoms with Crippen molar-refractivity contribution in [3.05, 3.63) is 23.8 Å². The van der Waals surface area contributed by atoms with E-state index in [4.69, 9.17) is 21.1 Å². The van der Waals surface area contributed by atoms with Crippen LogP contribution in [-0.4, -0.2) is 51.8 Å². The summed E-state index contributed by atoms with van der Waals surface area (Å²) < 4.78 is 11.6. The van der Waals surface area contributed by atoms with Crippen LogP contribution in [0.15, 0.2) is 23.8 Å². The minimum absolute atomic E-state index is 0.0771. The summed E-state index contributed by atoms with van der Waals surface area (Å²) in [7, 11) is 0. The molecule has 4 aliphatic rings. The van der Waals surface area contributed by atoms with Gasteiger partial charge in [-0.05, 0) is 62.5 Å². The molecule has 0 amide bonds. The number of esters is 2. The predicted octanol–water partition coefficient (Wildman–Crippen LogP) is 5.26. The number of alkyl halides is 1. The van der Waals surface area contributed by atoms with Gasteiger partial charge in [0.2, 0.25) is 5.78 Å². The fourth-order valence-corrected chi connectivity index (χ4v) is 9.00. The fourth-order valence-electron chi connectivity index (χ4n) is 8.48. The molecule has 0 saturated heterocycles. The van der Waals surface area contributed by atoms with Gasteiger partial charge < -0.3 is 14.6 Å². The molecule has 4 aliphatic carbocycles. The number of aliphatic hydroxyl groups is 1. The first-order chi connectivity index (χ1) is 18.3. The van der Waals surface area contributed by atoms with Crippen LogP contribution < -0.4 is 0 Å². The number of unbranched alkanes of at least 4 members (excludes halogenated alkanes) is 1. The molecular weight excluding hydrogens is 520 g/mol. The molecule has 216 valence electrons. The summed E-state index contributed by atoms with van der Waals surface area (Å²) in [6.45, 7) is 9.20. The Morgan fingerprint density at radius 1 is 1.10 bits per heavy atom. The summed E-state index contributed by atoms with van der Waals surface area (Å²) in [6, 6.07) is 0. The van der Waals surface area contributed by atoms with E-state index >= 15 is 0 Å². The van der Waals surface area contributed by atoms with Crippen molar-refractivity contribution in [2.45, 2.75) is 109 Å². The average molecular weight is 563 g/mol. The van der Waals surface area contributed by atoms with E-state index < -0.39 is 51.7 Å². The quantitative estimate of drug-likeness (QED) is 0.302. The Balaban J connectivity index is 1.74. The van der Waals surface area contributed by atoms with Gasteiger partial charge in [0, 0.05) is 29.6 Å². The summed E-state index contributed by atoms with van der Waals surface area (Å²) in [5.41, 5.74) is -2.27. The van der Waals surface area contributed by atoms with Crippen molar-refractivity contribution in [2.75, 3.05) is 6.61 Å². The van der Waals surface area contributed by atoms with Crippen LogP contribution in [-0.2, 0) is 28.7 Å². The van der Waals surface area contributed by atoms with Gasteiger partial charge >= 0.3 is 11.9 Å². The molecule has 0 aromatic rings. The second kappa shape index (κ2) is 10.8. The Hall–Kier alpha value is -1.99. The highest BCUT2D eigenvalue weighted by Crippen LogP contribution is 2.72. The number of aliphatic hydroxyl groups excluding tert-OH is 1. The smallest absolute Gasteiger partial charge is 0.306 e. The number of Topliss-reactive ketones (excluding diaryl/α,β-unsaturated/α-hetero) is 1. The minimum Gasteiger partial charge on any atom is -0.457 e. The van der Waals surface area contributed by atoms with Gasteiger partial charge in [0.25, 0.3) is 0 Å². The lowest BCUT2D eigenvalue weighted by molar-refractivity contribution is -0.203. The Morgan fingerprint density at radius 3 is 2.49 bits per heavy atom. The Kier molecular flexibility index (Phi) is 8.28. The number of fused-ring (bicyclic) bond motifs is 5. The van der Waals surface area contributed by atoms with Gasteiger partial charge in [0.15, 0.2) is 18.0 Å². The number of ether oxygens (including phenoxy) is 2. The Bertz CT molecular complexity index is 1100. The number of hydrogen-bond acceptors (Lipinski definition) is 7.